The van der Waals surface area contributed by atoms with Gasteiger partial charge in [-0.1, -0.05) is 13.8 Å². The minimum absolute atomic E-state index is 0.165. The van der Waals surface area contributed by atoms with Crippen LogP contribution in [0.3, 0.4) is 0 Å². The number of aryl methyl sites for hydroxylation is 2. The molecule has 2 aromatic rings. The van der Waals surface area contributed by atoms with Crippen molar-refractivity contribution in [3.05, 3.63) is 50.8 Å². The SMILES string of the molecule is Cc1cc(=O)n([C@H](CC(C)C)C(=O)N[C@H](CC(=O)O)c2csc(N3CCOCC3C)c2)cc1C. The normalized spacial score (nSPS) is 18.1. The summed E-state index contributed by atoms with van der Waals surface area (Å²) in [6, 6.07) is 2.31. The molecule has 0 spiro atoms. The fourth-order valence-corrected chi connectivity index (χ4v) is 5.31. The molecule has 34 heavy (non-hydrogen) atoms. The summed E-state index contributed by atoms with van der Waals surface area (Å²) in [6.07, 6.45) is 1.95. The maximum absolute atomic E-state index is 13.5. The van der Waals surface area contributed by atoms with Crippen molar-refractivity contribution in [2.75, 3.05) is 24.7 Å². The Hall–Kier alpha value is -2.65. The maximum Gasteiger partial charge on any atom is 0.305 e. The van der Waals surface area contributed by atoms with E-state index < -0.39 is 18.1 Å². The van der Waals surface area contributed by atoms with Gasteiger partial charge in [0, 0.05) is 18.8 Å². The van der Waals surface area contributed by atoms with Crippen LogP contribution in [0.4, 0.5) is 5.00 Å². The number of rotatable bonds is 9. The van der Waals surface area contributed by atoms with Crippen LogP contribution < -0.4 is 15.8 Å². The second-order valence-electron chi connectivity index (χ2n) is 9.52. The van der Waals surface area contributed by atoms with Crippen molar-refractivity contribution in [3.8, 4) is 0 Å². The average molecular weight is 490 g/mol. The number of amides is 1. The molecular formula is C25H35N3O5S. The highest BCUT2D eigenvalue weighted by atomic mass is 32.1. The van der Waals surface area contributed by atoms with E-state index in [0.29, 0.717) is 19.6 Å². The second-order valence-corrected chi connectivity index (χ2v) is 10.4. The molecule has 2 N–H and O–H groups in total. The molecule has 1 aliphatic rings. The maximum atomic E-state index is 13.5. The van der Waals surface area contributed by atoms with Crippen LogP contribution >= 0.6 is 11.3 Å². The Balaban J connectivity index is 1.88. The highest BCUT2D eigenvalue weighted by molar-refractivity contribution is 7.14. The van der Waals surface area contributed by atoms with Gasteiger partial charge in [-0.3, -0.25) is 14.4 Å². The predicted molar refractivity (Wildman–Crippen MR) is 134 cm³/mol. The number of nitrogens with one attached hydrogen (secondary N) is 1. The van der Waals surface area contributed by atoms with E-state index in [1.54, 1.807) is 12.3 Å². The van der Waals surface area contributed by atoms with Gasteiger partial charge in [-0.2, -0.15) is 0 Å². The van der Waals surface area contributed by atoms with Crippen LogP contribution in [-0.4, -0.2) is 47.4 Å². The van der Waals surface area contributed by atoms with Gasteiger partial charge in [0.1, 0.15) is 6.04 Å². The molecule has 2 aromatic heterocycles. The van der Waals surface area contributed by atoms with Crippen LogP contribution in [0.15, 0.2) is 28.5 Å². The van der Waals surface area contributed by atoms with Crippen molar-refractivity contribution < 1.29 is 19.4 Å². The number of aromatic nitrogens is 1. The Morgan fingerprint density at radius 3 is 2.65 bits per heavy atom. The van der Waals surface area contributed by atoms with Gasteiger partial charge in [-0.25, -0.2) is 0 Å². The number of ether oxygens (including phenoxy) is 1. The molecule has 186 valence electrons. The van der Waals surface area contributed by atoms with Crippen molar-refractivity contribution in [1.29, 1.82) is 0 Å². The number of hydrogen-bond donors (Lipinski definition) is 2. The summed E-state index contributed by atoms with van der Waals surface area (Å²) in [5.74, 6) is -1.18. The summed E-state index contributed by atoms with van der Waals surface area (Å²) in [5.41, 5.74) is 2.31. The number of aliphatic carboxylic acids is 1. The van der Waals surface area contributed by atoms with Gasteiger partial charge >= 0.3 is 5.97 Å². The van der Waals surface area contributed by atoms with Gasteiger partial charge < -0.3 is 24.6 Å². The molecule has 1 fully saturated rings. The van der Waals surface area contributed by atoms with Crippen LogP contribution in [-0.2, 0) is 14.3 Å². The molecule has 9 heteroatoms. The lowest BCUT2D eigenvalue weighted by atomic mass is 10.0. The van der Waals surface area contributed by atoms with Gasteiger partial charge in [0.05, 0.1) is 36.7 Å². The Kier molecular flexibility index (Phi) is 8.54. The number of carboxylic acids is 1. The Morgan fingerprint density at radius 2 is 2.00 bits per heavy atom. The smallest absolute Gasteiger partial charge is 0.305 e. The van der Waals surface area contributed by atoms with Crippen molar-refractivity contribution in [2.45, 2.75) is 65.6 Å². The third-order valence-electron chi connectivity index (χ3n) is 6.24. The molecule has 0 radical (unpaired) electrons. The van der Waals surface area contributed by atoms with Gasteiger partial charge in [0.25, 0.3) is 5.56 Å². The van der Waals surface area contributed by atoms with E-state index in [9.17, 15) is 19.5 Å². The number of hydrogen-bond acceptors (Lipinski definition) is 6. The molecule has 1 aliphatic heterocycles. The quantitative estimate of drug-likeness (QED) is 0.557. The third kappa shape index (κ3) is 6.27. The van der Waals surface area contributed by atoms with Gasteiger partial charge in [-0.15, -0.1) is 11.3 Å². The standard InChI is InChI=1S/C25H35N3O5S/c1-15(2)8-21(28-12-17(4)16(3)9-22(28)29)25(32)26-20(11-24(30)31)19-10-23(34-14-19)27-6-7-33-13-18(27)5/h9-10,12,14-15,18,20-21H,6-8,11,13H2,1-5H3,(H,26,32)(H,30,31)/t18?,20-,21-/m1/s1. The Morgan fingerprint density at radius 1 is 1.26 bits per heavy atom. The first kappa shape index (κ1) is 26.0. The molecule has 0 bridgehead atoms. The third-order valence-corrected chi connectivity index (χ3v) is 7.22. The first-order chi connectivity index (χ1) is 16.1. The molecule has 0 saturated carbocycles. The number of pyridine rings is 1. The van der Waals surface area contributed by atoms with Gasteiger partial charge in [0.15, 0.2) is 0 Å². The van der Waals surface area contributed by atoms with Gasteiger partial charge in [-0.05, 0) is 61.2 Å². The number of carboxylic acid groups (broad SMARTS) is 1. The lowest BCUT2D eigenvalue weighted by molar-refractivity contribution is -0.138. The molecule has 1 unspecified atom stereocenters. The number of carbonyl (C=O) groups excluding carboxylic acids is 1. The van der Waals surface area contributed by atoms with E-state index in [1.807, 2.05) is 39.1 Å². The molecule has 3 rings (SSSR count). The largest absolute Gasteiger partial charge is 0.481 e. The van der Waals surface area contributed by atoms with Crippen molar-refractivity contribution in [2.24, 2.45) is 5.92 Å². The van der Waals surface area contributed by atoms with Crippen LogP contribution in [0.1, 0.15) is 62.4 Å². The lowest BCUT2D eigenvalue weighted by Crippen LogP contribution is -2.43. The first-order valence-electron chi connectivity index (χ1n) is 11.7. The van der Waals surface area contributed by atoms with Crippen LogP contribution in [0.5, 0.6) is 0 Å². The average Bonchev–Trinajstić information content (AvgIpc) is 3.24. The Labute approximate surface area is 204 Å². The fraction of sp³-hybridized carbons (Fsp3) is 0.560. The van der Waals surface area contributed by atoms with Crippen molar-refractivity contribution in [3.63, 3.8) is 0 Å². The van der Waals surface area contributed by atoms with Crippen molar-refractivity contribution >= 4 is 28.2 Å². The number of nitrogens with zero attached hydrogens (tertiary/aromatic N) is 2. The van der Waals surface area contributed by atoms with E-state index in [1.165, 1.54) is 15.9 Å². The van der Waals surface area contributed by atoms with E-state index in [4.69, 9.17) is 4.74 Å². The molecule has 0 aliphatic carbocycles. The minimum Gasteiger partial charge on any atom is -0.481 e. The fourth-order valence-electron chi connectivity index (χ4n) is 4.21. The molecule has 3 atom stereocenters. The zero-order chi connectivity index (χ0) is 25.0. The molecular weight excluding hydrogens is 454 g/mol. The number of anilines is 1. The summed E-state index contributed by atoms with van der Waals surface area (Å²) in [4.78, 5) is 40.1. The number of carbonyl (C=O) groups is 2. The highest BCUT2D eigenvalue weighted by Gasteiger charge is 2.28. The van der Waals surface area contributed by atoms with E-state index >= 15 is 0 Å². The predicted octanol–water partition coefficient (Wildman–Crippen LogP) is 3.67. The zero-order valence-electron chi connectivity index (χ0n) is 20.5. The van der Waals surface area contributed by atoms with Crippen LogP contribution in [0.25, 0.3) is 0 Å². The molecule has 0 aromatic carbocycles. The topological polar surface area (TPSA) is 101 Å². The minimum atomic E-state index is -0.999. The summed E-state index contributed by atoms with van der Waals surface area (Å²) < 4.78 is 6.99. The van der Waals surface area contributed by atoms with Crippen LogP contribution in [0, 0.1) is 19.8 Å². The van der Waals surface area contributed by atoms with E-state index in [0.717, 1.165) is 28.2 Å². The number of morpholine rings is 1. The molecule has 3 heterocycles. The summed E-state index contributed by atoms with van der Waals surface area (Å²) in [6.45, 7) is 11.9. The highest BCUT2D eigenvalue weighted by Crippen LogP contribution is 2.32. The molecule has 1 amide bonds. The monoisotopic (exact) mass is 489 g/mol. The van der Waals surface area contributed by atoms with Gasteiger partial charge in [0.2, 0.25) is 5.91 Å². The summed E-state index contributed by atoms with van der Waals surface area (Å²) in [7, 11) is 0. The summed E-state index contributed by atoms with van der Waals surface area (Å²) >= 11 is 1.53. The summed E-state index contributed by atoms with van der Waals surface area (Å²) in [5, 5.41) is 15.4. The lowest BCUT2D eigenvalue weighted by Gasteiger charge is -2.34. The van der Waals surface area contributed by atoms with Crippen molar-refractivity contribution in [1.82, 2.24) is 9.88 Å². The first-order valence-corrected chi connectivity index (χ1v) is 12.6. The van der Waals surface area contributed by atoms with E-state index in [-0.39, 0.29) is 29.8 Å². The Bertz CT molecular complexity index is 1080. The second kappa shape index (κ2) is 11.2. The molecule has 1 saturated heterocycles. The van der Waals surface area contributed by atoms with Crippen LogP contribution in [0.2, 0.25) is 0 Å². The molecule has 8 nitrogen and oxygen atoms in total. The zero-order valence-corrected chi connectivity index (χ0v) is 21.4. The van der Waals surface area contributed by atoms with E-state index in [2.05, 4.69) is 17.1 Å². The number of thiophene rings is 1.